The van der Waals surface area contributed by atoms with Gasteiger partial charge in [0, 0.05) is 16.1 Å². The molecule has 0 aliphatic carbocycles. The topological polar surface area (TPSA) is 63.6 Å². The molecule has 0 radical (unpaired) electrons. The number of carboxylic acid groups (broad SMARTS) is 1. The molecule has 24 heavy (non-hydrogen) atoms. The molecule has 6 heteroatoms. The molecule has 0 heterocycles. The van der Waals surface area contributed by atoms with Crippen LogP contribution in [-0.4, -0.2) is 29.3 Å². The predicted octanol–water partition coefficient (Wildman–Crippen LogP) is 4.68. The second-order valence-electron chi connectivity index (χ2n) is 4.91. The van der Waals surface area contributed by atoms with E-state index in [1.165, 1.54) is 0 Å². The van der Waals surface area contributed by atoms with Gasteiger partial charge >= 0.3 is 5.97 Å². The fourth-order valence-corrected chi connectivity index (χ4v) is 1.89. The largest absolute Gasteiger partial charge is 0.493 e. The summed E-state index contributed by atoms with van der Waals surface area (Å²) in [5.41, 5.74) is 1.08. The maximum atomic E-state index is 12.3. The normalized spacial score (nSPS) is 11.0. The number of carbonyl (C=O) groups excluding carboxylic acids is 1. The molecule has 1 atom stereocenters. The quantitative estimate of drug-likeness (QED) is 0.551. The number of benzene rings is 2. The van der Waals surface area contributed by atoms with E-state index in [2.05, 4.69) is 15.9 Å². The lowest BCUT2D eigenvalue weighted by atomic mass is 10.0. The third-order valence-corrected chi connectivity index (χ3v) is 3.40. The third kappa shape index (κ3) is 5.98. The number of hydrogen-bond donors (Lipinski definition) is 1. The zero-order valence-corrected chi connectivity index (χ0v) is 15.7. The van der Waals surface area contributed by atoms with Gasteiger partial charge in [-0.1, -0.05) is 27.5 Å². The molecule has 1 N–H and O–H groups in total. The predicted molar refractivity (Wildman–Crippen MR) is 98.5 cm³/mol. The lowest BCUT2D eigenvalue weighted by molar-refractivity contribution is -0.142. The molecule has 2 rings (SSSR count). The molecule has 0 bridgehead atoms. The Morgan fingerprint density at radius 3 is 1.96 bits per heavy atom. The average Bonchev–Trinajstić information content (AvgIpc) is 2.61. The summed E-state index contributed by atoms with van der Waals surface area (Å²) in [6.45, 7) is 1.65. The van der Waals surface area contributed by atoms with E-state index in [1.54, 1.807) is 55.5 Å². The molecule has 0 saturated carbocycles. The van der Waals surface area contributed by atoms with Gasteiger partial charge < -0.3 is 9.84 Å². The summed E-state index contributed by atoms with van der Waals surface area (Å²) in [5, 5.41) is 9.37. The van der Waals surface area contributed by atoms with Crippen LogP contribution in [0.25, 0.3) is 0 Å². The number of carboxylic acids is 1. The Bertz CT molecular complexity index is 668. The molecule has 2 aromatic rings. The van der Waals surface area contributed by atoms with Crippen molar-refractivity contribution < 1.29 is 19.4 Å². The minimum absolute atomic E-state index is 0.0831. The zero-order chi connectivity index (χ0) is 18.1. The van der Waals surface area contributed by atoms with Gasteiger partial charge in [0.05, 0.1) is 5.92 Å². The van der Waals surface area contributed by atoms with Gasteiger partial charge in [0.15, 0.2) is 5.78 Å². The SMILES string of the molecule is CBr.CC(COc1ccc(C(=O)c2ccc(Cl)cc2)cc1)C(=O)O. The van der Waals surface area contributed by atoms with Crippen LogP contribution < -0.4 is 4.74 Å². The van der Waals surface area contributed by atoms with E-state index in [1.807, 2.05) is 5.83 Å². The molecular formula is C18H18BrClO4. The van der Waals surface area contributed by atoms with Crippen molar-refractivity contribution in [3.05, 3.63) is 64.7 Å². The van der Waals surface area contributed by atoms with Crippen LogP contribution in [0, 0.1) is 5.92 Å². The Kier molecular flexibility index (Phi) is 8.50. The molecule has 0 fully saturated rings. The summed E-state index contributed by atoms with van der Waals surface area (Å²) in [6.07, 6.45) is 0. The molecule has 0 saturated heterocycles. The molecule has 0 aromatic heterocycles. The highest BCUT2D eigenvalue weighted by molar-refractivity contribution is 9.08. The number of halogens is 2. The van der Waals surface area contributed by atoms with E-state index in [0.717, 1.165) is 0 Å². The van der Waals surface area contributed by atoms with Gasteiger partial charge in [-0.15, -0.1) is 0 Å². The van der Waals surface area contributed by atoms with Crippen molar-refractivity contribution in [2.45, 2.75) is 6.92 Å². The lowest BCUT2D eigenvalue weighted by Crippen LogP contribution is -2.17. The van der Waals surface area contributed by atoms with Crippen molar-refractivity contribution in [1.82, 2.24) is 0 Å². The number of hydrogen-bond acceptors (Lipinski definition) is 3. The first-order valence-corrected chi connectivity index (χ1v) is 9.07. The second-order valence-corrected chi connectivity index (χ2v) is 5.35. The number of ketones is 1. The number of rotatable bonds is 6. The fraction of sp³-hybridized carbons (Fsp3) is 0.222. The molecule has 128 valence electrons. The Labute approximate surface area is 154 Å². The van der Waals surface area contributed by atoms with Crippen molar-refractivity contribution in [2.75, 3.05) is 12.4 Å². The molecule has 4 nitrogen and oxygen atoms in total. The number of alkyl halides is 1. The second kappa shape index (κ2) is 10.1. The van der Waals surface area contributed by atoms with Gasteiger partial charge in [-0.25, -0.2) is 0 Å². The molecule has 0 aliphatic heterocycles. The average molecular weight is 414 g/mol. The number of aliphatic carboxylic acids is 1. The highest BCUT2D eigenvalue weighted by Gasteiger charge is 2.12. The molecule has 2 aromatic carbocycles. The van der Waals surface area contributed by atoms with E-state index in [-0.39, 0.29) is 12.4 Å². The summed E-state index contributed by atoms with van der Waals surface area (Å²) >= 11 is 8.73. The summed E-state index contributed by atoms with van der Waals surface area (Å²) in [6, 6.07) is 13.3. The molecule has 1 unspecified atom stereocenters. The van der Waals surface area contributed by atoms with Crippen molar-refractivity contribution >= 4 is 39.3 Å². The van der Waals surface area contributed by atoms with Crippen molar-refractivity contribution in [3.63, 3.8) is 0 Å². The summed E-state index contributed by atoms with van der Waals surface area (Å²) in [7, 11) is 0. The van der Waals surface area contributed by atoms with E-state index in [0.29, 0.717) is 21.9 Å². The Morgan fingerprint density at radius 2 is 1.50 bits per heavy atom. The van der Waals surface area contributed by atoms with Crippen LogP contribution in [0.1, 0.15) is 22.8 Å². The highest BCUT2D eigenvalue weighted by atomic mass is 79.9. The van der Waals surface area contributed by atoms with Crippen LogP contribution in [0.3, 0.4) is 0 Å². The smallest absolute Gasteiger partial charge is 0.309 e. The molecule has 0 aliphatic rings. The maximum absolute atomic E-state index is 12.3. The van der Waals surface area contributed by atoms with Gasteiger partial charge in [0.2, 0.25) is 0 Å². The lowest BCUT2D eigenvalue weighted by Gasteiger charge is -2.09. The van der Waals surface area contributed by atoms with E-state index < -0.39 is 11.9 Å². The number of carbonyl (C=O) groups is 2. The standard InChI is InChI=1S/C17H15ClO4.CH3Br/c1-11(17(20)21)10-22-15-8-4-13(5-9-15)16(19)12-2-6-14(18)7-3-12;1-2/h2-9,11H,10H2,1H3,(H,20,21);1H3. The Hall–Kier alpha value is -1.85. The Morgan fingerprint density at radius 1 is 1.04 bits per heavy atom. The molecular weight excluding hydrogens is 396 g/mol. The van der Waals surface area contributed by atoms with Gasteiger partial charge in [-0.3, -0.25) is 9.59 Å². The highest BCUT2D eigenvalue weighted by Crippen LogP contribution is 2.17. The van der Waals surface area contributed by atoms with Gasteiger partial charge in [-0.05, 0) is 61.3 Å². The van der Waals surface area contributed by atoms with E-state index in [9.17, 15) is 9.59 Å². The van der Waals surface area contributed by atoms with Gasteiger partial charge in [0.1, 0.15) is 12.4 Å². The van der Waals surface area contributed by atoms with Crippen LogP contribution in [0.4, 0.5) is 0 Å². The van der Waals surface area contributed by atoms with Gasteiger partial charge in [-0.2, -0.15) is 0 Å². The Balaban J connectivity index is 0.00000139. The van der Waals surface area contributed by atoms with Crippen LogP contribution >= 0.6 is 27.5 Å². The minimum Gasteiger partial charge on any atom is -0.493 e. The zero-order valence-electron chi connectivity index (χ0n) is 13.3. The molecule has 0 spiro atoms. The van der Waals surface area contributed by atoms with Crippen LogP contribution in [0.15, 0.2) is 48.5 Å². The fourth-order valence-electron chi connectivity index (χ4n) is 1.76. The van der Waals surface area contributed by atoms with Crippen LogP contribution in [-0.2, 0) is 4.79 Å². The van der Waals surface area contributed by atoms with Gasteiger partial charge in [0.25, 0.3) is 0 Å². The molecule has 0 amide bonds. The summed E-state index contributed by atoms with van der Waals surface area (Å²) in [5.74, 6) is 0.736. The first-order chi connectivity index (χ1) is 11.5. The number of ether oxygens (including phenoxy) is 1. The maximum Gasteiger partial charge on any atom is 0.309 e. The van der Waals surface area contributed by atoms with Crippen LogP contribution in [0.2, 0.25) is 5.02 Å². The first kappa shape index (κ1) is 20.2. The minimum atomic E-state index is -0.908. The summed E-state index contributed by atoms with van der Waals surface area (Å²) < 4.78 is 5.38. The van der Waals surface area contributed by atoms with Crippen molar-refractivity contribution in [3.8, 4) is 5.75 Å². The van der Waals surface area contributed by atoms with E-state index in [4.69, 9.17) is 21.4 Å². The summed E-state index contributed by atoms with van der Waals surface area (Å²) in [4.78, 5) is 23.0. The monoisotopic (exact) mass is 412 g/mol. The van der Waals surface area contributed by atoms with Crippen LogP contribution in [0.5, 0.6) is 5.75 Å². The third-order valence-electron chi connectivity index (χ3n) is 3.14. The van der Waals surface area contributed by atoms with Crippen molar-refractivity contribution in [1.29, 1.82) is 0 Å². The van der Waals surface area contributed by atoms with Crippen molar-refractivity contribution in [2.24, 2.45) is 5.92 Å². The van der Waals surface area contributed by atoms with E-state index >= 15 is 0 Å². The first-order valence-electron chi connectivity index (χ1n) is 7.11.